The predicted molar refractivity (Wildman–Crippen MR) is 107 cm³/mol. The summed E-state index contributed by atoms with van der Waals surface area (Å²) in [5.41, 5.74) is 1.89. The van der Waals surface area contributed by atoms with E-state index in [4.69, 9.17) is 6.42 Å². The third-order valence-corrected chi connectivity index (χ3v) is 5.01. The third kappa shape index (κ3) is 3.96. The van der Waals surface area contributed by atoms with Crippen molar-refractivity contribution in [3.05, 3.63) is 42.4 Å². The monoisotopic (exact) mass is 422 g/mol. The van der Waals surface area contributed by atoms with Gasteiger partial charge in [0.2, 0.25) is 0 Å². The van der Waals surface area contributed by atoms with E-state index < -0.39 is 6.61 Å². The summed E-state index contributed by atoms with van der Waals surface area (Å²) in [5, 5.41) is 13.4. The second-order valence-corrected chi connectivity index (χ2v) is 6.76. The maximum atomic E-state index is 12.7. The van der Waals surface area contributed by atoms with Gasteiger partial charge in [0, 0.05) is 43.5 Å². The molecule has 0 saturated carbocycles. The Morgan fingerprint density at radius 2 is 2.00 bits per heavy atom. The number of halogens is 2. The van der Waals surface area contributed by atoms with E-state index in [9.17, 15) is 18.8 Å². The van der Waals surface area contributed by atoms with Crippen LogP contribution < -0.4 is 9.64 Å². The van der Waals surface area contributed by atoms with Gasteiger partial charge in [-0.05, 0) is 24.1 Å². The SMILES string of the molecule is C#CC(=O)N1CCN(c2ccc(-c3cc(OC(F)F)cn4ncc(C#N)c34)cn2)CC1. The van der Waals surface area contributed by atoms with Gasteiger partial charge in [-0.3, -0.25) is 4.79 Å². The van der Waals surface area contributed by atoms with E-state index in [0.29, 0.717) is 54.2 Å². The lowest BCUT2D eigenvalue weighted by Gasteiger charge is -2.34. The van der Waals surface area contributed by atoms with Gasteiger partial charge in [0.05, 0.1) is 23.5 Å². The molecule has 1 amide bonds. The third-order valence-electron chi connectivity index (χ3n) is 5.01. The van der Waals surface area contributed by atoms with Gasteiger partial charge in [-0.2, -0.15) is 19.1 Å². The molecule has 0 atom stereocenters. The number of aromatic nitrogens is 3. The van der Waals surface area contributed by atoms with Gasteiger partial charge in [0.15, 0.2) is 0 Å². The molecule has 1 fully saturated rings. The molecule has 0 N–H and O–H groups in total. The number of fused-ring (bicyclic) bond motifs is 1. The number of alkyl halides is 2. The van der Waals surface area contributed by atoms with Crippen LogP contribution in [0, 0.1) is 23.7 Å². The van der Waals surface area contributed by atoms with Crippen molar-refractivity contribution in [2.24, 2.45) is 0 Å². The molecule has 1 saturated heterocycles. The minimum absolute atomic E-state index is 0.0801. The summed E-state index contributed by atoms with van der Waals surface area (Å²) in [6.45, 7) is -0.814. The van der Waals surface area contributed by atoms with Crippen LogP contribution in [0.2, 0.25) is 0 Å². The standard InChI is InChI=1S/C21H16F2N6O2/c1-2-19(30)28-7-5-27(6-8-28)18-4-3-14(11-25-18)17-9-16(31-21(22)23)13-29-20(17)15(10-24)12-26-29/h1,3-4,9,11-13,21H,5-8H2. The molecule has 4 rings (SSSR count). The quantitative estimate of drug-likeness (QED) is 0.599. The minimum Gasteiger partial charge on any atom is -0.433 e. The fourth-order valence-electron chi connectivity index (χ4n) is 3.53. The van der Waals surface area contributed by atoms with Crippen molar-refractivity contribution in [3.8, 4) is 35.3 Å². The minimum atomic E-state index is -2.99. The molecule has 10 heteroatoms. The molecule has 4 heterocycles. The lowest BCUT2D eigenvalue weighted by atomic mass is 10.1. The highest BCUT2D eigenvalue weighted by Gasteiger charge is 2.21. The smallest absolute Gasteiger partial charge is 0.387 e. The van der Waals surface area contributed by atoms with Crippen LogP contribution in [-0.2, 0) is 4.79 Å². The molecular formula is C21H16F2N6O2. The molecule has 3 aromatic rings. The molecule has 3 aromatic heterocycles. The highest BCUT2D eigenvalue weighted by Crippen LogP contribution is 2.31. The molecule has 0 aromatic carbocycles. The molecule has 8 nitrogen and oxygen atoms in total. The first-order chi connectivity index (χ1) is 15.0. The zero-order valence-corrected chi connectivity index (χ0v) is 16.2. The number of terminal acetylenes is 1. The molecule has 0 radical (unpaired) electrons. The van der Waals surface area contributed by atoms with Crippen molar-refractivity contribution in [1.82, 2.24) is 19.5 Å². The van der Waals surface area contributed by atoms with Crippen LogP contribution >= 0.6 is 0 Å². The fraction of sp³-hybridized carbons (Fsp3) is 0.238. The number of amides is 1. The summed E-state index contributed by atoms with van der Waals surface area (Å²) in [5.74, 6) is 2.42. The van der Waals surface area contributed by atoms with Crippen LogP contribution in [-0.4, -0.2) is 58.2 Å². The number of piperazine rings is 1. The van der Waals surface area contributed by atoms with Crippen molar-refractivity contribution in [1.29, 1.82) is 5.26 Å². The number of hydrogen-bond donors (Lipinski definition) is 0. The zero-order valence-electron chi connectivity index (χ0n) is 16.2. The Kier molecular flexibility index (Phi) is 5.37. The Morgan fingerprint density at radius 3 is 2.61 bits per heavy atom. The number of pyridine rings is 2. The Hall–Kier alpha value is -4.18. The molecule has 156 valence electrons. The maximum Gasteiger partial charge on any atom is 0.387 e. The van der Waals surface area contributed by atoms with Crippen molar-refractivity contribution >= 4 is 17.2 Å². The van der Waals surface area contributed by atoms with Crippen molar-refractivity contribution in [2.75, 3.05) is 31.1 Å². The molecule has 0 aliphatic carbocycles. The maximum absolute atomic E-state index is 12.7. The topological polar surface area (TPSA) is 86.8 Å². The van der Waals surface area contributed by atoms with Crippen molar-refractivity contribution in [3.63, 3.8) is 0 Å². The van der Waals surface area contributed by atoms with Crippen LogP contribution in [0.1, 0.15) is 5.56 Å². The molecule has 31 heavy (non-hydrogen) atoms. The van der Waals surface area contributed by atoms with Crippen LogP contribution in [0.3, 0.4) is 0 Å². The lowest BCUT2D eigenvalue weighted by molar-refractivity contribution is -0.125. The fourth-order valence-corrected chi connectivity index (χ4v) is 3.53. The normalized spacial score (nSPS) is 13.8. The molecular weight excluding hydrogens is 406 g/mol. The number of anilines is 1. The van der Waals surface area contributed by atoms with Gasteiger partial charge in [-0.25, -0.2) is 9.50 Å². The van der Waals surface area contributed by atoms with E-state index in [0.717, 1.165) is 0 Å². The van der Waals surface area contributed by atoms with E-state index in [1.165, 1.54) is 23.0 Å². The van der Waals surface area contributed by atoms with Crippen LogP contribution in [0.25, 0.3) is 16.6 Å². The summed E-state index contributed by atoms with van der Waals surface area (Å²) in [7, 11) is 0. The van der Waals surface area contributed by atoms with Crippen molar-refractivity contribution in [2.45, 2.75) is 6.61 Å². The van der Waals surface area contributed by atoms with Gasteiger partial charge in [0.25, 0.3) is 5.91 Å². The van der Waals surface area contributed by atoms with Gasteiger partial charge in [-0.1, -0.05) is 0 Å². The van der Waals surface area contributed by atoms with E-state index in [1.807, 2.05) is 4.90 Å². The summed E-state index contributed by atoms with van der Waals surface area (Å²) in [6.07, 6.45) is 9.43. The van der Waals surface area contributed by atoms with E-state index in [1.54, 1.807) is 23.2 Å². The van der Waals surface area contributed by atoms with Crippen molar-refractivity contribution < 1.29 is 18.3 Å². The predicted octanol–water partition coefficient (Wildman–Crippen LogP) is 2.15. The zero-order chi connectivity index (χ0) is 22.0. The summed E-state index contributed by atoms with van der Waals surface area (Å²) >= 11 is 0. The second kappa shape index (κ2) is 8.28. The highest BCUT2D eigenvalue weighted by atomic mass is 19.3. The van der Waals surface area contributed by atoms with Gasteiger partial charge in [0.1, 0.15) is 17.6 Å². The average Bonchev–Trinajstić information content (AvgIpc) is 3.21. The number of rotatable bonds is 4. The Bertz CT molecular complexity index is 1200. The van der Waals surface area contributed by atoms with Crippen LogP contribution in [0.15, 0.2) is 36.8 Å². The lowest BCUT2D eigenvalue weighted by Crippen LogP contribution is -2.48. The number of carbonyl (C=O) groups is 1. The summed E-state index contributed by atoms with van der Waals surface area (Å²) < 4.78 is 31.3. The summed E-state index contributed by atoms with van der Waals surface area (Å²) in [4.78, 5) is 19.7. The van der Waals surface area contributed by atoms with Gasteiger partial charge >= 0.3 is 6.61 Å². The highest BCUT2D eigenvalue weighted by molar-refractivity contribution is 5.93. The van der Waals surface area contributed by atoms with Gasteiger partial charge in [-0.15, -0.1) is 6.42 Å². The van der Waals surface area contributed by atoms with E-state index >= 15 is 0 Å². The summed E-state index contributed by atoms with van der Waals surface area (Å²) in [6, 6.07) is 7.08. The Balaban J connectivity index is 1.63. The number of ether oxygens (including phenoxy) is 1. The average molecular weight is 422 g/mol. The second-order valence-electron chi connectivity index (χ2n) is 6.76. The molecule has 0 spiro atoms. The number of carbonyl (C=O) groups excluding carboxylic acids is 1. The van der Waals surface area contributed by atoms with Crippen LogP contribution in [0.4, 0.5) is 14.6 Å². The first-order valence-electron chi connectivity index (χ1n) is 9.33. The molecule has 1 aliphatic heterocycles. The Morgan fingerprint density at radius 1 is 1.23 bits per heavy atom. The first-order valence-corrected chi connectivity index (χ1v) is 9.33. The first kappa shape index (κ1) is 20.1. The number of nitriles is 1. The largest absolute Gasteiger partial charge is 0.433 e. The van der Waals surface area contributed by atoms with E-state index in [2.05, 4.69) is 26.8 Å². The van der Waals surface area contributed by atoms with E-state index in [-0.39, 0.29) is 11.7 Å². The molecule has 0 bridgehead atoms. The molecule has 0 unspecified atom stereocenters. The van der Waals surface area contributed by atoms with Gasteiger partial charge < -0.3 is 14.5 Å². The van der Waals surface area contributed by atoms with Crippen LogP contribution in [0.5, 0.6) is 5.75 Å². The Labute approximate surface area is 176 Å². The molecule has 1 aliphatic rings. The number of hydrogen-bond acceptors (Lipinski definition) is 6. The number of nitrogens with zero attached hydrogens (tertiary/aromatic N) is 6.